The van der Waals surface area contributed by atoms with E-state index in [1.165, 1.54) is 35.3 Å². The van der Waals surface area contributed by atoms with Gasteiger partial charge in [0.2, 0.25) is 14.9 Å². The lowest BCUT2D eigenvalue weighted by molar-refractivity contribution is 0.0159. The molecule has 12 aromatic rings. The molecular formula is C71H71BrClN21O4S3. The molecule has 101 heavy (non-hydrogen) atoms. The van der Waals surface area contributed by atoms with Crippen LogP contribution in [0.15, 0.2) is 101 Å². The highest BCUT2D eigenvalue weighted by atomic mass is 79.9. The first-order valence-corrected chi connectivity index (χ1v) is 36.4. The third-order valence-electron chi connectivity index (χ3n) is 18.4. The maximum atomic E-state index is 12.7. The highest BCUT2D eigenvalue weighted by Crippen LogP contribution is 2.42. The Bertz CT molecular complexity index is 5430. The highest BCUT2D eigenvalue weighted by Gasteiger charge is 2.43. The van der Waals surface area contributed by atoms with Gasteiger partial charge in [0.25, 0.3) is 0 Å². The van der Waals surface area contributed by atoms with Gasteiger partial charge in [0.1, 0.15) is 56.0 Å². The minimum Gasteiger partial charge on any atom is -0.444 e. The lowest BCUT2D eigenvalue weighted by Gasteiger charge is -2.34. The number of ether oxygens (including phenoxy) is 2. The van der Waals surface area contributed by atoms with Crippen LogP contribution in [0.2, 0.25) is 0 Å². The summed E-state index contributed by atoms with van der Waals surface area (Å²) < 4.78 is 22.4. The fraction of sp³-hybridized carbons (Fsp3) is 0.380. The van der Waals surface area contributed by atoms with Gasteiger partial charge in [0.05, 0.1) is 64.4 Å². The van der Waals surface area contributed by atoms with Crippen molar-refractivity contribution in [3.05, 3.63) is 128 Å². The van der Waals surface area contributed by atoms with Crippen LogP contribution in [0.25, 0.3) is 92.5 Å². The number of fused-ring (bicyclic) bond motifs is 12. The monoisotopic (exact) mass is 1490 g/mol. The fourth-order valence-corrected chi connectivity index (χ4v) is 17.4. The number of carbonyl (C=O) groups is 2. The summed E-state index contributed by atoms with van der Waals surface area (Å²) in [4.78, 5) is 45.2. The Morgan fingerprint density at radius 3 is 1.34 bits per heavy atom. The summed E-state index contributed by atoms with van der Waals surface area (Å²) in [7, 11) is 5.55. The molecule has 2 amide bonds. The normalized spacial score (nSPS) is 19.7. The van der Waals surface area contributed by atoms with E-state index in [0.29, 0.717) is 45.8 Å². The zero-order valence-corrected chi connectivity index (χ0v) is 61.9. The van der Waals surface area contributed by atoms with Crippen molar-refractivity contribution in [1.82, 2.24) is 88.3 Å². The van der Waals surface area contributed by atoms with Crippen molar-refractivity contribution >= 4 is 133 Å². The highest BCUT2D eigenvalue weighted by molar-refractivity contribution is 9.11. The molecule has 6 aliphatic heterocycles. The largest absolute Gasteiger partial charge is 0.444 e. The molecule has 3 aromatic carbocycles. The van der Waals surface area contributed by atoms with E-state index in [9.17, 15) is 25.4 Å². The van der Waals surface area contributed by atoms with Crippen molar-refractivity contribution in [2.24, 2.45) is 21.1 Å². The maximum absolute atomic E-state index is 12.7. The molecule has 3 saturated heterocycles. The maximum Gasteiger partial charge on any atom is 0.411 e. The Balaban J connectivity index is 0.000000118. The molecule has 15 heterocycles. The number of nitrogens with one attached hydrogen (secondary N) is 1. The van der Waals surface area contributed by atoms with Crippen LogP contribution in [-0.2, 0) is 30.6 Å². The minimum absolute atomic E-state index is 0. The zero-order chi connectivity index (χ0) is 69.8. The molecule has 3 fully saturated rings. The Morgan fingerprint density at radius 2 is 0.941 bits per heavy atom. The molecule has 6 bridgehead atoms. The van der Waals surface area contributed by atoms with Crippen LogP contribution >= 0.6 is 62.3 Å². The average molecular weight is 1490 g/mol. The predicted molar refractivity (Wildman–Crippen MR) is 394 cm³/mol. The number of halogens is 2. The van der Waals surface area contributed by atoms with Gasteiger partial charge in [-0.15, -0.1) is 17.5 Å². The van der Waals surface area contributed by atoms with Crippen molar-refractivity contribution in [3.63, 3.8) is 0 Å². The first-order valence-electron chi connectivity index (χ1n) is 33.1. The van der Waals surface area contributed by atoms with Gasteiger partial charge < -0.3 is 14.8 Å². The van der Waals surface area contributed by atoms with E-state index in [4.69, 9.17) is 29.6 Å². The van der Waals surface area contributed by atoms with Crippen LogP contribution in [0.5, 0.6) is 0 Å². The number of aromatic nitrogens is 15. The first kappa shape index (κ1) is 68.5. The van der Waals surface area contributed by atoms with Crippen LogP contribution in [-0.4, -0.2) is 143 Å². The zero-order valence-electron chi connectivity index (χ0n) is 57.1. The molecule has 25 nitrogen and oxygen atoms in total. The Morgan fingerprint density at radius 1 is 0.525 bits per heavy atom. The van der Waals surface area contributed by atoms with Gasteiger partial charge in [-0.2, -0.15) is 41.3 Å². The summed E-state index contributed by atoms with van der Waals surface area (Å²) in [5.74, 6) is 0. The number of hydrogen-bond donors (Lipinski definition) is 1. The molecule has 0 radical (unpaired) electrons. The van der Waals surface area contributed by atoms with Gasteiger partial charge in [-0.3, -0.25) is 23.8 Å². The molecule has 0 spiro atoms. The lowest BCUT2D eigenvalue weighted by atomic mass is 10.0. The van der Waals surface area contributed by atoms with Gasteiger partial charge in [-0.1, -0.05) is 57.8 Å². The fourth-order valence-electron chi connectivity index (χ4n) is 14.3. The number of aryl methyl sites for hydroxylation is 3. The molecule has 9 aromatic heterocycles. The van der Waals surface area contributed by atoms with Gasteiger partial charge in [0.15, 0.2) is 3.92 Å². The third-order valence-corrected chi connectivity index (χ3v) is 21.8. The van der Waals surface area contributed by atoms with Crippen LogP contribution in [0.4, 0.5) is 9.59 Å². The SMILES string of the molecule is CC1=CC2CCC(C1)N2C(=O)OC(C)(C)C.Cl.Cn1cc2cc(-c3cn4nc(Br)sc4n3)cc(C#N)c2n1.Cn1cc2cc(-c3cn4nc(C5=CC6CCC(C5)N6)sc4n3)cc(C#N)c2n1.Cn1cc2cc(-c3cn4nc(C5=CC6CCC(C5)N6C(=O)OC(C)(C)C)sc4n3)cc(C#N)c2n1. The van der Waals surface area contributed by atoms with Gasteiger partial charge in [-0.25, -0.2) is 38.1 Å². The Hall–Kier alpha value is -9.67. The number of nitriles is 3. The number of rotatable bonds is 5. The number of imidazole rings is 3. The number of carbonyl (C=O) groups excluding carboxylic acids is 2. The first-order chi connectivity index (χ1) is 47.8. The second-order valence-electron chi connectivity index (χ2n) is 28.3. The quantitative estimate of drug-likeness (QED) is 0.157. The van der Waals surface area contributed by atoms with E-state index in [1.807, 2.05) is 151 Å². The molecule has 0 aliphatic carbocycles. The van der Waals surface area contributed by atoms with Gasteiger partial charge in [0, 0.05) is 96.7 Å². The van der Waals surface area contributed by atoms with Crippen molar-refractivity contribution in [2.75, 3.05) is 0 Å². The molecule has 30 heteroatoms. The van der Waals surface area contributed by atoms with Crippen LogP contribution in [0.1, 0.15) is 133 Å². The standard InChI is InChI=1S/C25H25N7O2S.C20H17N7S.C13H7BrN6S.C13H21NO2.ClH/c1-25(2,3)34-24(33)32-18-5-6-19(32)10-15(9-18)22-29-31-13-20(27-23(31)35-22)14-7-16(11-26)21-17(8-14)12-30(4)28-21;1-26-9-14-5-11(4-13(8-21)18(14)24-26)17-10-27-20(23-17)28-19(25-27)12-6-15-2-3-16(7-12)22-15;1-19-5-9-3-7(2-8(4-15)11(9)17-19)10-6-20-13(16-10)21-12(14)18-20;1-9-7-10-5-6-11(8-9)14(10)12(15)16-13(2,3)4;/h7-9,12-13,18-19H,5-6,10H2,1-4H3;4-6,9-10,15-16,22H,2-3,7H2,1H3;2-3,5-6H,1H3;7,10-11H,5-6,8H2,1-4H3;1H. The molecular weight excluding hydrogens is 1420 g/mol. The van der Waals surface area contributed by atoms with E-state index in [2.05, 4.69) is 90.0 Å². The number of benzene rings is 3. The van der Waals surface area contributed by atoms with E-state index < -0.39 is 11.2 Å². The summed E-state index contributed by atoms with van der Waals surface area (Å²) in [6.07, 6.45) is 27.1. The van der Waals surface area contributed by atoms with Crippen LogP contribution < -0.4 is 5.32 Å². The third kappa shape index (κ3) is 13.9. The second kappa shape index (κ2) is 26.7. The van der Waals surface area contributed by atoms with E-state index in [0.717, 1.165) is 135 Å². The van der Waals surface area contributed by atoms with Crippen molar-refractivity contribution in [1.29, 1.82) is 15.8 Å². The summed E-state index contributed by atoms with van der Waals surface area (Å²) >= 11 is 7.97. The van der Waals surface area contributed by atoms with E-state index in [1.54, 1.807) is 45.7 Å². The molecule has 0 saturated carbocycles. The Kier molecular flexibility index (Phi) is 18.1. The topological polar surface area (TPSA) is 287 Å². The number of amides is 2. The summed E-state index contributed by atoms with van der Waals surface area (Å²) in [5.41, 5.74) is 11.8. The summed E-state index contributed by atoms with van der Waals surface area (Å²) in [6, 6.07) is 20.1. The molecule has 18 rings (SSSR count). The molecule has 1 N–H and O–H groups in total. The Labute approximate surface area is 607 Å². The van der Waals surface area contributed by atoms with Crippen molar-refractivity contribution < 1.29 is 19.1 Å². The van der Waals surface area contributed by atoms with Gasteiger partial charge in [-0.05, 0) is 170 Å². The molecule has 6 aliphatic rings. The molecule has 6 atom stereocenters. The van der Waals surface area contributed by atoms with Gasteiger partial charge >= 0.3 is 12.2 Å². The summed E-state index contributed by atoms with van der Waals surface area (Å²) in [5, 5.41) is 63.7. The van der Waals surface area contributed by atoms with Crippen molar-refractivity contribution in [3.8, 4) is 52.0 Å². The second-order valence-corrected chi connectivity index (χ2v) is 32.4. The minimum atomic E-state index is -0.506. The predicted octanol–water partition coefficient (Wildman–Crippen LogP) is 14.4. The lowest BCUT2D eigenvalue weighted by Crippen LogP contribution is -2.45. The van der Waals surface area contributed by atoms with E-state index in [-0.39, 0.29) is 42.7 Å². The van der Waals surface area contributed by atoms with E-state index >= 15 is 0 Å². The molecule has 6 unspecified atom stereocenters. The molecule has 516 valence electrons. The number of hydrogen-bond acceptors (Lipinski definition) is 20. The smallest absolute Gasteiger partial charge is 0.411 e. The summed E-state index contributed by atoms with van der Waals surface area (Å²) in [6.45, 7) is 13.6. The number of nitrogens with zero attached hydrogens (tertiary/aromatic N) is 20. The van der Waals surface area contributed by atoms with Crippen LogP contribution in [0, 0.1) is 34.0 Å². The average Bonchev–Trinajstić information content (AvgIpc) is 1.62. The van der Waals surface area contributed by atoms with Crippen molar-refractivity contribution in [2.45, 2.75) is 154 Å². The van der Waals surface area contributed by atoms with Crippen LogP contribution in [0.3, 0.4) is 0 Å².